The number of aryl methyl sites for hydroxylation is 2. The summed E-state index contributed by atoms with van der Waals surface area (Å²) >= 11 is 0. The van der Waals surface area contributed by atoms with Crippen LogP contribution in [0.5, 0.6) is 0 Å². The Labute approximate surface area is 94.1 Å². The van der Waals surface area contributed by atoms with Crippen LogP contribution >= 0.6 is 0 Å². The molecule has 0 radical (unpaired) electrons. The molecule has 0 saturated heterocycles. The molecule has 0 aliphatic heterocycles. The van der Waals surface area contributed by atoms with E-state index in [0.29, 0.717) is 11.4 Å². The Bertz CT molecular complexity index is 601. The number of aromatic nitrogens is 3. The molecule has 2 aromatic rings. The normalized spacial score (nSPS) is 12.1. The van der Waals surface area contributed by atoms with Gasteiger partial charge in [0, 0.05) is 11.4 Å². The average molecular weight is 243 g/mol. The number of carbonyl (C=O) groups is 1. The van der Waals surface area contributed by atoms with Crippen LogP contribution in [-0.4, -0.2) is 26.6 Å². The van der Waals surface area contributed by atoms with Crippen LogP contribution in [0.2, 0.25) is 0 Å². The van der Waals surface area contributed by atoms with E-state index in [9.17, 15) is 18.0 Å². The minimum Gasteiger partial charge on any atom is -0.284 e. The van der Waals surface area contributed by atoms with E-state index in [1.54, 1.807) is 19.9 Å². The maximum atomic E-state index is 12.3. The van der Waals surface area contributed by atoms with Crippen molar-refractivity contribution in [3.8, 4) is 0 Å². The molecular weight excluding hydrogens is 235 g/mol. The molecule has 4 nitrogen and oxygen atoms in total. The summed E-state index contributed by atoms with van der Waals surface area (Å²) in [6.45, 7) is 3.32. The quantitative estimate of drug-likeness (QED) is 0.720. The molecule has 0 amide bonds. The van der Waals surface area contributed by atoms with Gasteiger partial charge in [-0.15, -0.1) is 0 Å². The molecule has 0 saturated carbocycles. The van der Waals surface area contributed by atoms with Crippen molar-refractivity contribution in [2.24, 2.45) is 0 Å². The fourth-order valence-electron chi connectivity index (χ4n) is 1.58. The number of halogens is 3. The molecule has 2 heterocycles. The Morgan fingerprint density at radius 3 is 2.59 bits per heavy atom. The van der Waals surface area contributed by atoms with Crippen LogP contribution in [0.15, 0.2) is 12.3 Å². The van der Waals surface area contributed by atoms with Gasteiger partial charge in [-0.3, -0.25) is 4.79 Å². The molecule has 0 unspecified atom stereocenters. The number of nitrogens with zero attached hydrogens (tertiary/aromatic N) is 3. The maximum absolute atomic E-state index is 12.3. The summed E-state index contributed by atoms with van der Waals surface area (Å²) in [5.41, 5.74) is 0.564. The lowest BCUT2D eigenvalue weighted by Gasteiger charge is -2.04. The SMILES string of the molecule is Cc1cc(C)n2ncc(C(=O)C(F)(F)F)c2n1. The third kappa shape index (κ3) is 1.88. The van der Waals surface area contributed by atoms with Gasteiger partial charge in [0.15, 0.2) is 5.65 Å². The molecule has 2 aromatic heterocycles. The van der Waals surface area contributed by atoms with Crippen LogP contribution in [0.25, 0.3) is 5.65 Å². The smallest absolute Gasteiger partial charge is 0.284 e. The van der Waals surface area contributed by atoms with Crippen LogP contribution in [-0.2, 0) is 0 Å². The minimum atomic E-state index is -4.91. The van der Waals surface area contributed by atoms with E-state index >= 15 is 0 Å². The fraction of sp³-hybridized carbons (Fsp3) is 0.300. The third-order valence-electron chi connectivity index (χ3n) is 2.28. The van der Waals surface area contributed by atoms with Gasteiger partial charge in [-0.2, -0.15) is 18.3 Å². The second-order valence-electron chi connectivity index (χ2n) is 3.66. The monoisotopic (exact) mass is 243 g/mol. The van der Waals surface area contributed by atoms with E-state index in [0.717, 1.165) is 6.20 Å². The number of hydrogen-bond donors (Lipinski definition) is 0. The van der Waals surface area contributed by atoms with Crippen LogP contribution < -0.4 is 0 Å². The topological polar surface area (TPSA) is 47.3 Å². The highest BCUT2D eigenvalue weighted by Gasteiger charge is 2.41. The summed E-state index contributed by atoms with van der Waals surface area (Å²) in [7, 11) is 0. The highest BCUT2D eigenvalue weighted by molar-refractivity contribution is 6.04. The van der Waals surface area contributed by atoms with Crippen molar-refractivity contribution in [3.05, 3.63) is 29.2 Å². The first-order valence-electron chi connectivity index (χ1n) is 4.74. The summed E-state index contributed by atoms with van der Waals surface area (Å²) in [4.78, 5) is 15.1. The highest BCUT2D eigenvalue weighted by atomic mass is 19.4. The lowest BCUT2D eigenvalue weighted by atomic mass is 10.2. The molecule has 0 aromatic carbocycles. The lowest BCUT2D eigenvalue weighted by molar-refractivity contribution is -0.0884. The highest BCUT2D eigenvalue weighted by Crippen LogP contribution is 2.23. The van der Waals surface area contributed by atoms with Gasteiger partial charge in [0.05, 0.1) is 11.8 Å². The van der Waals surface area contributed by atoms with Crippen LogP contribution in [0.3, 0.4) is 0 Å². The van der Waals surface area contributed by atoms with E-state index < -0.39 is 17.5 Å². The van der Waals surface area contributed by atoms with Crippen molar-refractivity contribution in [3.63, 3.8) is 0 Å². The maximum Gasteiger partial charge on any atom is 0.455 e. The minimum absolute atomic E-state index is 0.0650. The van der Waals surface area contributed by atoms with Crippen molar-refractivity contribution in [1.29, 1.82) is 0 Å². The average Bonchev–Trinajstić information content (AvgIpc) is 2.58. The van der Waals surface area contributed by atoms with Crippen LogP contribution in [0.4, 0.5) is 13.2 Å². The Hall–Kier alpha value is -1.92. The standard InChI is InChI=1S/C10H8F3N3O/c1-5-3-6(2)16-9(15-5)7(4-14-16)8(17)10(11,12)13/h3-4H,1-2H3. The van der Waals surface area contributed by atoms with Gasteiger partial charge >= 0.3 is 6.18 Å². The lowest BCUT2D eigenvalue weighted by Crippen LogP contribution is -2.22. The first-order valence-corrected chi connectivity index (χ1v) is 4.74. The molecule has 0 aliphatic rings. The predicted octanol–water partition coefficient (Wildman–Crippen LogP) is 2.09. The first-order chi connectivity index (χ1) is 7.80. The number of hydrogen-bond acceptors (Lipinski definition) is 3. The number of carbonyl (C=O) groups excluding carboxylic acids is 1. The van der Waals surface area contributed by atoms with Crippen molar-refractivity contribution in [1.82, 2.24) is 14.6 Å². The Morgan fingerprint density at radius 1 is 1.35 bits per heavy atom. The third-order valence-corrected chi connectivity index (χ3v) is 2.28. The summed E-state index contributed by atoms with van der Waals surface area (Å²) in [6, 6.07) is 1.67. The summed E-state index contributed by atoms with van der Waals surface area (Å²) < 4.78 is 38.2. The van der Waals surface area contributed by atoms with E-state index in [2.05, 4.69) is 10.1 Å². The van der Waals surface area contributed by atoms with E-state index in [-0.39, 0.29) is 5.65 Å². The van der Waals surface area contributed by atoms with Gasteiger partial charge in [0.1, 0.15) is 0 Å². The second kappa shape index (κ2) is 3.54. The largest absolute Gasteiger partial charge is 0.455 e. The Morgan fingerprint density at radius 2 is 2.00 bits per heavy atom. The molecule has 90 valence electrons. The molecule has 0 aliphatic carbocycles. The zero-order chi connectivity index (χ0) is 12.8. The molecule has 0 bridgehead atoms. The Balaban J connectivity index is 2.69. The van der Waals surface area contributed by atoms with E-state index in [1.165, 1.54) is 4.52 Å². The zero-order valence-electron chi connectivity index (χ0n) is 9.04. The number of Topliss-reactive ketones (excluding diaryl/α,β-unsaturated/α-hetero) is 1. The van der Waals surface area contributed by atoms with E-state index in [1.807, 2.05) is 0 Å². The summed E-state index contributed by atoms with van der Waals surface area (Å²) in [5, 5.41) is 3.73. The number of fused-ring (bicyclic) bond motifs is 1. The van der Waals surface area contributed by atoms with E-state index in [4.69, 9.17) is 0 Å². The summed E-state index contributed by atoms with van der Waals surface area (Å²) in [6.07, 6.45) is -4.02. The second-order valence-corrected chi connectivity index (χ2v) is 3.66. The van der Waals surface area contributed by atoms with Gasteiger partial charge in [-0.1, -0.05) is 0 Å². The number of rotatable bonds is 1. The molecule has 0 fully saturated rings. The van der Waals surface area contributed by atoms with Gasteiger partial charge < -0.3 is 0 Å². The predicted molar refractivity (Wildman–Crippen MR) is 52.8 cm³/mol. The molecular formula is C10H8F3N3O. The first kappa shape index (κ1) is 11.6. The number of alkyl halides is 3. The molecule has 17 heavy (non-hydrogen) atoms. The Kier molecular flexibility index (Phi) is 2.41. The molecule has 0 atom stereocenters. The van der Waals surface area contributed by atoms with Gasteiger partial charge in [-0.05, 0) is 19.9 Å². The van der Waals surface area contributed by atoms with Crippen LogP contribution in [0.1, 0.15) is 21.7 Å². The van der Waals surface area contributed by atoms with Gasteiger partial charge in [0.25, 0.3) is 5.78 Å². The van der Waals surface area contributed by atoms with Crippen molar-refractivity contribution in [2.45, 2.75) is 20.0 Å². The van der Waals surface area contributed by atoms with Crippen molar-refractivity contribution in [2.75, 3.05) is 0 Å². The fourth-order valence-corrected chi connectivity index (χ4v) is 1.58. The molecule has 0 N–H and O–H groups in total. The molecule has 7 heteroatoms. The van der Waals surface area contributed by atoms with Crippen LogP contribution in [0, 0.1) is 13.8 Å². The molecule has 0 spiro atoms. The zero-order valence-corrected chi connectivity index (χ0v) is 9.04. The van der Waals surface area contributed by atoms with Crippen molar-refractivity contribution < 1.29 is 18.0 Å². The van der Waals surface area contributed by atoms with Gasteiger partial charge in [-0.25, -0.2) is 9.50 Å². The van der Waals surface area contributed by atoms with Crippen molar-refractivity contribution >= 4 is 11.4 Å². The molecule has 2 rings (SSSR count). The number of ketones is 1. The summed E-state index contributed by atoms with van der Waals surface area (Å²) in [5.74, 6) is -1.93. The van der Waals surface area contributed by atoms with Gasteiger partial charge in [0.2, 0.25) is 0 Å².